The summed E-state index contributed by atoms with van der Waals surface area (Å²) in [6.45, 7) is 3.84. The van der Waals surface area contributed by atoms with Crippen molar-refractivity contribution in [3.63, 3.8) is 0 Å². The number of amides is 1. The molecule has 0 radical (unpaired) electrons. The molecule has 9 rings (SSSR count). The van der Waals surface area contributed by atoms with Gasteiger partial charge < -0.3 is 14.5 Å². The van der Waals surface area contributed by atoms with Crippen LogP contribution in [-0.4, -0.2) is 54.6 Å². The number of thiazole rings is 1. The molecule has 67 heavy (non-hydrogen) atoms. The van der Waals surface area contributed by atoms with E-state index in [1.807, 2.05) is 159 Å². The number of fused-ring (bicyclic) bond motifs is 1. The first kappa shape index (κ1) is 46.2. The number of carbonyl (C=O) groups is 3. The highest BCUT2D eigenvalue weighted by molar-refractivity contribution is 8.18. The number of ketones is 1. The molecule has 0 aliphatic carbocycles. The van der Waals surface area contributed by atoms with Crippen LogP contribution in [0.15, 0.2) is 172 Å². The average molecular weight is 983 g/mol. The fourth-order valence-electron chi connectivity index (χ4n) is 8.52. The van der Waals surface area contributed by atoms with E-state index >= 15 is 0 Å². The Labute approximate surface area is 410 Å². The minimum atomic E-state index is -1.29. The number of rotatable bonds is 18. The lowest BCUT2D eigenvalue weighted by Gasteiger charge is -2.50. The van der Waals surface area contributed by atoms with Crippen LogP contribution in [-0.2, 0) is 36.0 Å². The number of allylic oxidation sites excluding steroid dienone is 1. The van der Waals surface area contributed by atoms with Gasteiger partial charge in [0.2, 0.25) is 11.5 Å². The maximum absolute atomic E-state index is 14.9. The number of Topliss-reactive ketones (excluding diaryl/α,β-unsaturated/α-hetero) is 1. The van der Waals surface area contributed by atoms with Crippen LogP contribution in [0.5, 0.6) is 0 Å². The van der Waals surface area contributed by atoms with E-state index in [9.17, 15) is 14.4 Å². The average Bonchev–Trinajstić information content (AvgIpc) is 3.99. The number of thioether (sulfide) groups is 2. The molecule has 10 nitrogen and oxygen atoms in total. The number of hydrogen-bond donors (Lipinski definition) is 0. The van der Waals surface area contributed by atoms with Gasteiger partial charge in [-0.05, 0) is 37.3 Å². The minimum Gasteiger partial charge on any atom is -0.448 e. The lowest BCUT2D eigenvalue weighted by molar-refractivity contribution is -0.162. The van der Waals surface area contributed by atoms with Gasteiger partial charge in [0.25, 0.3) is 0 Å². The molecule has 0 saturated carbocycles. The Bertz CT molecular complexity index is 2780. The second-order valence-electron chi connectivity index (χ2n) is 15.8. The van der Waals surface area contributed by atoms with Gasteiger partial charge in [-0.25, -0.2) is 9.78 Å². The van der Waals surface area contributed by atoms with Gasteiger partial charge in [0.1, 0.15) is 20.7 Å². The van der Waals surface area contributed by atoms with Gasteiger partial charge in [-0.2, -0.15) is 0 Å². The van der Waals surface area contributed by atoms with Crippen molar-refractivity contribution >= 4 is 81.2 Å². The minimum absolute atomic E-state index is 0.0940. The second kappa shape index (κ2) is 20.9. The van der Waals surface area contributed by atoms with Gasteiger partial charge in [0.15, 0.2) is 21.9 Å². The Morgan fingerprint density at radius 1 is 0.806 bits per heavy atom. The van der Waals surface area contributed by atoms with Crippen LogP contribution in [0, 0.1) is 12.8 Å². The number of oxime groups is 1. The number of esters is 1. The molecular weight excluding hydrogens is 938 g/mol. The van der Waals surface area contributed by atoms with Crippen LogP contribution in [0.3, 0.4) is 0 Å². The normalized spacial score (nSPS) is 16.1. The van der Waals surface area contributed by atoms with Crippen LogP contribution in [0.2, 0.25) is 4.34 Å². The molecule has 1 unspecified atom stereocenters. The summed E-state index contributed by atoms with van der Waals surface area (Å²) in [5.41, 5.74) is 2.93. The van der Waals surface area contributed by atoms with Gasteiger partial charge in [0, 0.05) is 34.1 Å². The first-order valence-corrected chi connectivity index (χ1v) is 25.8. The Morgan fingerprint density at radius 3 is 1.87 bits per heavy atom. The quantitative estimate of drug-likeness (QED) is 0.0156. The van der Waals surface area contributed by atoms with Crippen molar-refractivity contribution in [1.82, 2.24) is 20.1 Å². The largest absolute Gasteiger partial charge is 0.448 e. The molecule has 0 spiro atoms. The summed E-state index contributed by atoms with van der Waals surface area (Å²) in [6.07, 6.45) is 0.891. The van der Waals surface area contributed by atoms with E-state index in [1.165, 1.54) is 34.9 Å². The highest BCUT2D eigenvalue weighted by atomic mass is 35.5. The van der Waals surface area contributed by atoms with E-state index in [-0.39, 0.29) is 33.8 Å². The lowest BCUT2D eigenvalue weighted by Crippen LogP contribution is -2.63. The molecule has 2 aromatic heterocycles. The number of hydrogen-bond acceptors (Lipinski definition) is 13. The summed E-state index contributed by atoms with van der Waals surface area (Å²) < 4.78 is 7.53. The third kappa shape index (κ3) is 9.77. The maximum atomic E-state index is 14.9. The van der Waals surface area contributed by atoms with Gasteiger partial charge in [-0.1, -0.05) is 198 Å². The van der Waals surface area contributed by atoms with Crippen molar-refractivity contribution in [3.05, 3.63) is 210 Å². The van der Waals surface area contributed by atoms with E-state index in [1.54, 1.807) is 23.2 Å². The van der Waals surface area contributed by atoms with E-state index in [0.29, 0.717) is 22.9 Å². The molecule has 5 aromatic carbocycles. The first-order chi connectivity index (χ1) is 32.7. The monoisotopic (exact) mass is 981 g/mol. The number of nitrogens with zero attached hydrogens (tertiary/aromatic N) is 5. The summed E-state index contributed by atoms with van der Waals surface area (Å²) in [7, 11) is 0. The van der Waals surface area contributed by atoms with Crippen LogP contribution >= 0.6 is 57.8 Å². The Hall–Kier alpha value is -5.90. The molecule has 2 atom stereocenters. The predicted octanol–water partition coefficient (Wildman–Crippen LogP) is 11.8. The van der Waals surface area contributed by atoms with Crippen molar-refractivity contribution in [2.75, 3.05) is 5.08 Å². The summed E-state index contributed by atoms with van der Waals surface area (Å²) >= 11 is 12.6. The van der Waals surface area contributed by atoms with E-state index in [0.717, 1.165) is 48.5 Å². The summed E-state index contributed by atoms with van der Waals surface area (Å²) in [4.78, 5) is 58.0. The fourth-order valence-corrected chi connectivity index (χ4v) is 13.0. The predicted molar refractivity (Wildman–Crippen MR) is 267 cm³/mol. The van der Waals surface area contributed by atoms with Crippen molar-refractivity contribution in [3.8, 4) is 0 Å². The van der Waals surface area contributed by atoms with Gasteiger partial charge in [-0.15, -0.1) is 33.3 Å². The van der Waals surface area contributed by atoms with Gasteiger partial charge in [-0.3, -0.25) is 9.59 Å². The highest BCUT2D eigenvalue weighted by Gasteiger charge is 2.54. The first-order valence-electron chi connectivity index (χ1n) is 21.8. The maximum Gasteiger partial charge on any atom is 0.356 e. The zero-order valence-electron chi connectivity index (χ0n) is 36.5. The fraction of sp³-hybridized carbons (Fsp3) is 0.212. The molecular formula is C52H44ClN5O5S4. The molecule has 2 aliphatic rings. The Morgan fingerprint density at radius 2 is 1.36 bits per heavy atom. The Balaban J connectivity index is 1.04. The standard InChI is InChI=1S/C52H44ClN5O5S4/c1-3-43-55-56-51(67-43)65-32-64-42-30-29-40-39(49(60)58(40)46(42)50(61)62-47(34-19-9-4-10-20-34)35-21-11-5-12-22-35)31-41(59)44(45-48(53)66-33(2)54-45)57-63-52(36-23-13-6-14-24-36,37-25-15-7-16-26-37)38-27-17-8-18-28-38/h4-28,39-40,47H,3,29-32H2,1-2H3/b57-44+/t39-,40?/m0/s1. The van der Waals surface area contributed by atoms with Crippen molar-refractivity contribution in [2.24, 2.45) is 11.1 Å². The summed E-state index contributed by atoms with van der Waals surface area (Å²) in [6, 6.07) is 47.8. The third-order valence-corrected chi connectivity index (χ3v) is 16.4. The van der Waals surface area contributed by atoms with Crippen molar-refractivity contribution < 1.29 is 24.0 Å². The Kier molecular flexibility index (Phi) is 14.5. The van der Waals surface area contributed by atoms with E-state index < -0.39 is 35.4 Å². The zero-order chi connectivity index (χ0) is 46.3. The topological polar surface area (TPSA) is 124 Å². The summed E-state index contributed by atoms with van der Waals surface area (Å²) in [5.74, 6) is -2.18. The lowest BCUT2D eigenvalue weighted by atomic mass is 9.77. The molecule has 0 bridgehead atoms. The number of carbonyl (C=O) groups excluding carboxylic acids is 3. The van der Waals surface area contributed by atoms with Crippen LogP contribution < -0.4 is 0 Å². The number of aromatic nitrogens is 3. The molecule has 1 amide bonds. The molecule has 15 heteroatoms. The number of halogens is 1. The molecule has 4 heterocycles. The third-order valence-electron chi connectivity index (χ3n) is 11.7. The number of β-lactam (4-membered cyclic amide) rings is 1. The van der Waals surface area contributed by atoms with Crippen LogP contribution in [0.25, 0.3) is 0 Å². The SMILES string of the molecule is CCc1nnc(SCSC2=C(C(=O)OC(c3ccccc3)c3ccccc3)N3C(=O)[C@@H](CC(=O)/C(=N\OC(c4ccccc4)(c4ccccc4)c4ccccc4)c4nc(C)sc4Cl)C3CC2)s1. The summed E-state index contributed by atoms with van der Waals surface area (Å²) in [5, 5.41) is 15.4. The molecule has 0 N–H and O–H groups in total. The number of ether oxygens (including phenoxy) is 1. The zero-order valence-corrected chi connectivity index (χ0v) is 40.5. The van der Waals surface area contributed by atoms with Crippen molar-refractivity contribution in [2.45, 2.75) is 61.6 Å². The van der Waals surface area contributed by atoms with E-state index in [2.05, 4.69) is 15.2 Å². The smallest absolute Gasteiger partial charge is 0.356 e. The van der Waals surface area contributed by atoms with Crippen LogP contribution in [0.1, 0.15) is 75.8 Å². The van der Waals surface area contributed by atoms with Gasteiger partial charge in [0.05, 0.1) is 16.0 Å². The van der Waals surface area contributed by atoms with E-state index in [4.69, 9.17) is 26.3 Å². The molecule has 338 valence electrons. The van der Waals surface area contributed by atoms with Crippen molar-refractivity contribution in [1.29, 1.82) is 0 Å². The number of aryl methyl sites for hydroxylation is 2. The molecule has 1 saturated heterocycles. The second-order valence-corrected chi connectivity index (χ2v) is 21.3. The van der Waals surface area contributed by atoms with Gasteiger partial charge >= 0.3 is 5.97 Å². The molecule has 1 fully saturated rings. The highest BCUT2D eigenvalue weighted by Crippen LogP contribution is 2.47. The molecule has 7 aromatic rings. The number of benzene rings is 5. The van der Waals surface area contributed by atoms with Crippen LogP contribution in [0.4, 0.5) is 0 Å². The molecule has 2 aliphatic heterocycles.